The first-order chi connectivity index (χ1) is 59.7. The number of hydrogen-bond acceptors (Lipinski definition) is 13. The molecule has 5 N–H and O–H groups in total. The third-order valence-corrected chi connectivity index (χ3v) is 31.9. The number of alkyl halides is 8. The van der Waals surface area contributed by atoms with E-state index in [0.29, 0.717) is 39.4 Å². The number of pyridine rings is 2. The van der Waals surface area contributed by atoms with E-state index < -0.39 is 99.8 Å². The number of amides is 5. The van der Waals surface area contributed by atoms with Crippen LogP contribution in [-0.4, -0.2) is 95.5 Å². The highest BCUT2D eigenvalue weighted by Crippen LogP contribution is 2.72. The Morgan fingerprint density at radius 3 is 1.10 bits per heavy atom. The van der Waals surface area contributed by atoms with Crippen molar-refractivity contribution in [2.45, 2.75) is 223 Å². The average Bonchev–Trinajstić information content (AvgIpc) is 1.54. The highest BCUT2D eigenvalue weighted by atomic mass is 35.5. The molecule has 10 atom stereocenters. The van der Waals surface area contributed by atoms with Gasteiger partial charge in [0.2, 0.25) is 0 Å². The van der Waals surface area contributed by atoms with Gasteiger partial charge in [-0.3, -0.25) is 57.3 Å². The first-order valence-electron chi connectivity index (χ1n) is 42.8. The van der Waals surface area contributed by atoms with Crippen molar-refractivity contribution >= 4 is 52.7 Å². The molecule has 5 saturated carbocycles. The number of aryl methyl sites for hydroxylation is 6. The first kappa shape index (κ1) is 89.6. The molecule has 5 amide bonds. The molecule has 7 heterocycles. The molecule has 672 valence electrons. The number of nitrogens with zero attached hydrogens (tertiary/aromatic N) is 12. The first-order valence-corrected chi connectivity index (χ1v) is 43.5. The molecule has 33 heteroatoms. The van der Waals surface area contributed by atoms with Crippen molar-refractivity contribution in [3.05, 3.63) is 244 Å². The standard InChI is InChI=1S/C20H23F2N3O2.C20H23F2N3O.C19H20ClF2N3O.C18H20F2N4O.C17H19ClN4O/c1-19(2)14-7-8-20(19,15-9-11(27-4)5-6-12(14)15)23-18(26)13-10-25(3)24-16(13)17(21)22;1-11-6-5-7-14-15(11)13-8-9-20(14,19(13,2)3)23-18(26)12-10-25(4)24-16(12)17(21)22;1-18(2)13-6-7-19(18,14-8-10(20)4-5-11(13)14)23-17(26)12-9-25(3)24-15(12)16(21)22;1-17(2)11-6-7-18(17,12-5-4-8-21-14(11)12)22-16(25)10-9-24(3)23-13(10)15(19)20;1-16(2)11-6-7-17(16,12-5-4-8-19-13(11)12)21-15(23)10-9-20-22(3)14(10)18/h5-6,9-10,14,17H,7-8H2,1-4H3,(H,23,26);5-7,10,13,17H,8-9H2,1-4H3,(H,23,26);4-5,8-9,13,16H,6-7H2,1-3H3,(H,23,26);4-5,8-9,11,15H,6-7H2,1-3H3,(H,22,25);4-5,8-9,11H,6-7H2,1-3H3,(H,21,23). The number of carbonyl (C=O) groups is 5. The predicted molar refractivity (Wildman–Crippen MR) is 459 cm³/mol. The summed E-state index contributed by atoms with van der Waals surface area (Å²) < 4.78 is 118. The van der Waals surface area contributed by atoms with Crippen LogP contribution in [0, 0.1) is 34.0 Å². The van der Waals surface area contributed by atoms with Gasteiger partial charge in [-0.25, -0.2) is 35.1 Å². The molecule has 0 saturated heterocycles. The van der Waals surface area contributed by atoms with Crippen LogP contribution < -0.4 is 31.3 Å². The van der Waals surface area contributed by atoms with Crippen LogP contribution in [-0.2, 0) is 62.9 Å². The number of methoxy groups -OCH3 is 1. The highest BCUT2D eigenvalue weighted by Gasteiger charge is 2.68. The number of halogens is 10. The molecule has 0 spiro atoms. The van der Waals surface area contributed by atoms with Crippen LogP contribution in [0.1, 0.15) is 325 Å². The van der Waals surface area contributed by atoms with E-state index in [-0.39, 0.29) is 61.2 Å². The Balaban J connectivity index is 0.000000117. The van der Waals surface area contributed by atoms with Crippen LogP contribution >= 0.6 is 23.2 Å². The second-order valence-corrected chi connectivity index (χ2v) is 39.3. The van der Waals surface area contributed by atoms with Gasteiger partial charge in [0.25, 0.3) is 55.2 Å². The van der Waals surface area contributed by atoms with Crippen LogP contribution in [0.15, 0.2) is 122 Å². The highest BCUT2D eigenvalue weighted by molar-refractivity contribution is 6.33. The zero-order valence-electron chi connectivity index (χ0n) is 73.9. The zero-order chi connectivity index (χ0) is 91.7. The van der Waals surface area contributed by atoms with Gasteiger partial charge in [-0.2, -0.15) is 25.5 Å². The summed E-state index contributed by atoms with van der Waals surface area (Å²) in [6.07, 6.45) is 8.25. The van der Waals surface area contributed by atoms with Gasteiger partial charge in [-0.15, -0.1) is 0 Å². The summed E-state index contributed by atoms with van der Waals surface area (Å²) in [7, 11) is 9.47. The molecule has 0 aliphatic heterocycles. The maximum absolute atomic E-state index is 13.3. The molecule has 10 unspecified atom stereocenters. The average molecular weight is 1790 g/mol. The number of nitrogens with one attached hydrogen (secondary N) is 5. The summed E-state index contributed by atoms with van der Waals surface area (Å²) >= 11 is 12.4. The van der Waals surface area contributed by atoms with Crippen molar-refractivity contribution in [1.29, 1.82) is 0 Å². The monoisotopic (exact) mass is 1790 g/mol. The maximum atomic E-state index is 13.3. The van der Waals surface area contributed by atoms with Gasteiger partial charge in [0.05, 0.1) is 68.8 Å². The molecule has 0 radical (unpaired) electrons. The Morgan fingerprint density at radius 1 is 0.409 bits per heavy atom. The number of ether oxygens (including phenoxy) is 1. The number of rotatable bonds is 15. The van der Waals surface area contributed by atoms with E-state index in [1.54, 1.807) is 27.4 Å². The molecule has 10 aliphatic rings. The quantitative estimate of drug-likeness (QED) is 0.0598. The summed E-state index contributed by atoms with van der Waals surface area (Å²) in [6, 6.07) is 25.8. The van der Waals surface area contributed by atoms with Gasteiger partial charge in [-0.05, 0) is 192 Å². The molecular weight excluding hydrogens is 1690 g/mol. The van der Waals surface area contributed by atoms with Gasteiger partial charge in [-0.1, -0.05) is 135 Å². The van der Waals surface area contributed by atoms with Crippen molar-refractivity contribution in [2.24, 2.45) is 62.3 Å². The lowest BCUT2D eigenvalue weighted by molar-refractivity contribution is 0.0791. The number of aromatic nitrogens is 12. The van der Waals surface area contributed by atoms with Crippen molar-refractivity contribution < 1.29 is 63.8 Å². The third kappa shape index (κ3) is 13.5. The Kier molecular flexibility index (Phi) is 22.2. The summed E-state index contributed by atoms with van der Waals surface area (Å²) in [4.78, 5) is 73.9. The molecular formula is C94H105Cl2F8N17O6. The second kappa shape index (κ2) is 31.5. The van der Waals surface area contributed by atoms with Crippen LogP contribution in [0.5, 0.6) is 5.75 Å². The summed E-state index contributed by atoms with van der Waals surface area (Å²) in [5.74, 6) is 0.149. The molecule has 127 heavy (non-hydrogen) atoms. The molecule has 23 nitrogen and oxygen atoms in total. The summed E-state index contributed by atoms with van der Waals surface area (Å²) in [5, 5.41) is 35.8. The minimum atomic E-state index is -2.80. The lowest BCUT2D eigenvalue weighted by Crippen LogP contribution is -2.51. The molecule has 7 aromatic heterocycles. The minimum absolute atomic E-state index is 0.0442. The van der Waals surface area contributed by atoms with E-state index in [4.69, 9.17) is 27.9 Å². The molecule has 10 aliphatic carbocycles. The van der Waals surface area contributed by atoms with Crippen molar-refractivity contribution in [2.75, 3.05) is 7.11 Å². The lowest BCUT2D eigenvalue weighted by Gasteiger charge is -2.40. The van der Waals surface area contributed by atoms with Crippen LogP contribution in [0.4, 0.5) is 35.1 Å². The fraction of sp³-hybridized carbons (Fsp3) is 0.489. The Morgan fingerprint density at radius 2 is 0.732 bits per heavy atom. The van der Waals surface area contributed by atoms with Crippen molar-refractivity contribution in [3.8, 4) is 5.75 Å². The summed E-state index contributed by atoms with van der Waals surface area (Å²) in [6.45, 7) is 23.6. The summed E-state index contributed by atoms with van der Waals surface area (Å²) in [5.41, 5.74) is 6.93. The van der Waals surface area contributed by atoms with E-state index in [9.17, 15) is 59.1 Å². The number of benzene rings is 3. The van der Waals surface area contributed by atoms with E-state index in [1.165, 1.54) is 97.8 Å². The van der Waals surface area contributed by atoms with Gasteiger partial charge in [0.15, 0.2) is 0 Å². The molecule has 20 rings (SSSR count). The fourth-order valence-corrected chi connectivity index (χ4v) is 24.9. The van der Waals surface area contributed by atoms with Gasteiger partial charge < -0.3 is 31.3 Å². The number of fused-ring (bicyclic) bond motifs is 25. The van der Waals surface area contributed by atoms with Crippen molar-refractivity contribution in [1.82, 2.24) is 85.5 Å². The Labute approximate surface area is 741 Å². The minimum Gasteiger partial charge on any atom is -0.497 e. The van der Waals surface area contributed by atoms with E-state index in [2.05, 4.69) is 162 Å². The lowest BCUT2D eigenvalue weighted by atomic mass is 9.74. The fourth-order valence-electron chi connectivity index (χ4n) is 24.5. The number of carbonyl (C=O) groups excluding carboxylic acids is 5. The molecule has 5 fully saturated rings. The normalized spacial score (nSPS) is 25.8. The maximum Gasteiger partial charge on any atom is 0.282 e. The van der Waals surface area contributed by atoms with Gasteiger partial charge >= 0.3 is 0 Å². The van der Waals surface area contributed by atoms with Gasteiger partial charge in [0.1, 0.15) is 33.7 Å². The molecule has 10 aromatic rings. The number of hydrogen-bond donors (Lipinski definition) is 5. The van der Waals surface area contributed by atoms with Crippen LogP contribution in [0.25, 0.3) is 0 Å². The van der Waals surface area contributed by atoms with Crippen LogP contribution in [0.3, 0.4) is 0 Å². The molecule has 3 aromatic carbocycles. The zero-order valence-corrected chi connectivity index (χ0v) is 75.4. The van der Waals surface area contributed by atoms with E-state index in [0.717, 1.165) is 109 Å². The third-order valence-electron chi connectivity index (χ3n) is 31.2. The Bertz CT molecular complexity index is 6020. The van der Waals surface area contributed by atoms with E-state index >= 15 is 0 Å². The molecule has 10 bridgehead atoms. The smallest absolute Gasteiger partial charge is 0.282 e. The Hall–Kier alpha value is -10.8. The SMILES string of the molecule is COc1ccc2c(c1)C1(NC(=O)c3cn(C)nc3C(F)F)CCC2C1(C)C.Cc1cccc2c1C1CCC2(NC(=O)c2cn(C)nc2C(F)F)C1(C)C.Cn1cc(C(=O)NC23CCC(c4ccc(Cl)cc42)C3(C)C)c(C(F)F)n1.Cn1cc(C(=O)NC23CCC(c4ncccc42)C3(C)C)c(C(F)F)n1.Cn1ncc(C(=O)NC23CCC(c4ncccc42)C3(C)C)c1Cl. The predicted octanol–water partition coefficient (Wildman–Crippen LogP) is 19.0. The second-order valence-electron chi connectivity index (χ2n) is 38.5. The largest absolute Gasteiger partial charge is 0.497 e. The van der Waals surface area contributed by atoms with Crippen LogP contribution in [0.2, 0.25) is 10.2 Å². The van der Waals surface area contributed by atoms with Gasteiger partial charge in [0, 0.05) is 111 Å². The topological polar surface area (TPSA) is 270 Å². The van der Waals surface area contributed by atoms with E-state index in [1.807, 2.05) is 60.8 Å². The van der Waals surface area contributed by atoms with Crippen molar-refractivity contribution in [3.63, 3.8) is 0 Å².